The Balaban J connectivity index is 1.68. The van der Waals surface area contributed by atoms with Crippen LogP contribution in [-0.2, 0) is 35.2 Å². The third-order valence-electron chi connectivity index (χ3n) is 7.38. The molecule has 234 valence electrons. The molecule has 1 aromatic heterocycles. The summed E-state index contributed by atoms with van der Waals surface area (Å²) in [6, 6.07) is 2.01. The van der Waals surface area contributed by atoms with Crippen LogP contribution in [0.15, 0.2) is 30.5 Å². The van der Waals surface area contributed by atoms with E-state index in [4.69, 9.17) is 11.5 Å². The molecule has 0 spiro atoms. The molecule has 1 saturated heterocycles. The lowest BCUT2D eigenvalue weighted by Gasteiger charge is -2.30. The van der Waals surface area contributed by atoms with Crippen molar-refractivity contribution >= 4 is 46.4 Å². The Kier molecular flexibility index (Phi) is 11.2. The Bertz CT molecular complexity index is 1360. The Morgan fingerprint density at radius 1 is 1.02 bits per heavy atom. The Morgan fingerprint density at radius 2 is 1.72 bits per heavy atom. The second-order valence-electron chi connectivity index (χ2n) is 11.4. The number of H-pyrrole nitrogens is 1. The van der Waals surface area contributed by atoms with Crippen LogP contribution in [0.5, 0.6) is 0 Å². The first-order valence-electron chi connectivity index (χ1n) is 14.3. The number of aliphatic carboxylic acids is 1. The summed E-state index contributed by atoms with van der Waals surface area (Å²) in [5.74, 6) is -4.44. The van der Waals surface area contributed by atoms with Gasteiger partial charge in [-0.25, -0.2) is 4.79 Å². The van der Waals surface area contributed by atoms with Crippen LogP contribution in [0.4, 0.5) is 0 Å². The van der Waals surface area contributed by atoms with Gasteiger partial charge in [0.15, 0.2) is 0 Å². The monoisotopic (exact) mass is 599 g/mol. The van der Waals surface area contributed by atoms with Crippen molar-refractivity contribution in [1.82, 2.24) is 25.8 Å². The molecule has 14 heteroatoms. The van der Waals surface area contributed by atoms with Crippen LogP contribution in [-0.4, -0.2) is 87.2 Å². The molecule has 0 radical (unpaired) electrons. The second-order valence-corrected chi connectivity index (χ2v) is 11.4. The smallest absolute Gasteiger partial charge is 0.326 e. The number of aromatic amines is 1. The number of benzene rings is 1. The van der Waals surface area contributed by atoms with Gasteiger partial charge in [-0.3, -0.25) is 24.0 Å². The number of rotatable bonds is 14. The average molecular weight is 600 g/mol. The highest BCUT2D eigenvalue weighted by atomic mass is 16.4. The SMILES string of the molecule is CC(C)C[C@H](NC(=O)[C@H](C)NC(=O)[C@@H](N)CC(N)=O)C(=O)N1CCC[C@H]1C(=O)N[C@@H](Cc1c[nH]c2ccccc12)C(=O)O. The molecule has 0 bridgehead atoms. The molecule has 0 aliphatic carbocycles. The van der Waals surface area contributed by atoms with E-state index in [1.807, 2.05) is 38.1 Å². The average Bonchev–Trinajstić information content (AvgIpc) is 3.59. The van der Waals surface area contributed by atoms with E-state index in [1.165, 1.54) is 11.8 Å². The minimum absolute atomic E-state index is 0.00872. The fourth-order valence-electron chi connectivity index (χ4n) is 5.18. The van der Waals surface area contributed by atoms with Crippen molar-refractivity contribution < 1.29 is 33.9 Å². The zero-order chi connectivity index (χ0) is 31.8. The fourth-order valence-corrected chi connectivity index (χ4v) is 5.18. The first-order chi connectivity index (χ1) is 20.3. The van der Waals surface area contributed by atoms with Crippen molar-refractivity contribution in [2.75, 3.05) is 6.54 Å². The first kappa shape index (κ1) is 33.0. The van der Waals surface area contributed by atoms with E-state index in [0.29, 0.717) is 12.8 Å². The van der Waals surface area contributed by atoms with Crippen LogP contribution < -0.4 is 27.4 Å². The number of carbonyl (C=O) groups excluding carboxylic acids is 5. The molecule has 3 rings (SSSR count). The van der Waals surface area contributed by atoms with Gasteiger partial charge in [-0.05, 0) is 43.7 Å². The standard InChI is InChI=1S/C29H41N7O7/c1-15(2)11-21(34-25(38)16(3)33-26(39)19(30)13-24(31)37)28(41)36-10-6-9-23(36)27(40)35-22(29(42)43)12-17-14-32-20-8-5-4-7-18(17)20/h4-5,7-8,14-16,19,21-23,32H,6,9-13,30H2,1-3H3,(H2,31,37)(H,33,39)(H,34,38)(H,35,40)(H,42,43)/t16-,19-,21-,22-,23-/m0/s1. The number of hydrogen-bond donors (Lipinski definition) is 7. The molecule has 0 saturated carbocycles. The van der Waals surface area contributed by atoms with E-state index >= 15 is 0 Å². The molecule has 2 heterocycles. The summed E-state index contributed by atoms with van der Waals surface area (Å²) in [6.07, 6.45) is 2.49. The molecule has 2 aromatic rings. The number of fused-ring (bicyclic) bond motifs is 1. The van der Waals surface area contributed by atoms with Crippen molar-refractivity contribution in [2.24, 2.45) is 17.4 Å². The van der Waals surface area contributed by atoms with Gasteiger partial charge >= 0.3 is 5.97 Å². The molecule has 43 heavy (non-hydrogen) atoms. The minimum atomic E-state index is -1.23. The number of nitrogens with two attached hydrogens (primary N) is 2. The lowest BCUT2D eigenvalue weighted by molar-refractivity contribution is -0.145. The molecule has 1 aliphatic heterocycles. The van der Waals surface area contributed by atoms with E-state index in [9.17, 15) is 33.9 Å². The summed E-state index contributed by atoms with van der Waals surface area (Å²) in [7, 11) is 0. The number of aromatic nitrogens is 1. The van der Waals surface area contributed by atoms with Crippen LogP contribution in [0.3, 0.4) is 0 Å². The number of carboxylic acids is 1. The summed E-state index contributed by atoms with van der Waals surface area (Å²) in [4.78, 5) is 79.8. The van der Waals surface area contributed by atoms with Gasteiger partial charge in [-0.15, -0.1) is 0 Å². The van der Waals surface area contributed by atoms with Gasteiger partial charge in [0.1, 0.15) is 24.2 Å². The molecule has 5 amide bonds. The summed E-state index contributed by atoms with van der Waals surface area (Å²) in [6.45, 7) is 5.41. The number of nitrogens with zero attached hydrogens (tertiary/aromatic N) is 1. The van der Waals surface area contributed by atoms with Crippen molar-refractivity contribution in [3.8, 4) is 0 Å². The van der Waals surface area contributed by atoms with Crippen LogP contribution in [0.1, 0.15) is 52.0 Å². The van der Waals surface area contributed by atoms with E-state index in [2.05, 4.69) is 20.9 Å². The number of para-hydroxylation sites is 1. The largest absolute Gasteiger partial charge is 0.480 e. The van der Waals surface area contributed by atoms with E-state index in [-0.39, 0.29) is 25.3 Å². The Hall–Kier alpha value is -4.46. The number of nitrogens with one attached hydrogen (secondary N) is 4. The summed E-state index contributed by atoms with van der Waals surface area (Å²) in [5, 5.41) is 18.4. The summed E-state index contributed by atoms with van der Waals surface area (Å²) in [5.41, 5.74) is 12.3. The maximum atomic E-state index is 13.7. The highest BCUT2D eigenvalue weighted by Gasteiger charge is 2.39. The third kappa shape index (κ3) is 8.77. The fraction of sp³-hybridized carbons (Fsp3) is 0.517. The number of amides is 5. The van der Waals surface area contributed by atoms with Crippen molar-refractivity contribution in [2.45, 2.75) is 83.1 Å². The van der Waals surface area contributed by atoms with E-state index in [1.54, 1.807) is 6.20 Å². The Labute approximate surface area is 249 Å². The van der Waals surface area contributed by atoms with Gasteiger partial charge in [-0.2, -0.15) is 0 Å². The molecular weight excluding hydrogens is 558 g/mol. The number of likely N-dealkylation sites (tertiary alicyclic amines) is 1. The number of hydrogen-bond acceptors (Lipinski definition) is 7. The number of primary amides is 1. The van der Waals surface area contributed by atoms with Crippen LogP contribution in [0, 0.1) is 5.92 Å². The first-order valence-corrected chi connectivity index (χ1v) is 14.3. The molecule has 5 atom stereocenters. The summed E-state index contributed by atoms with van der Waals surface area (Å²) < 4.78 is 0. The van der Waals surface area contributed by atoms with Crippen LogP contribution in [0.25, 0.3) is 10.9 Å². The van der Waals surface area contributed by atoms with Gasteiger partial charge in [0.2, 0.25) is 29.5 Å². The van der Waals surface area contributed by atoms with Gasteiger partial charge in [0, 0.05) is 30.1 Å². The van der Waals surface area contributed by atoms with E-state index < -0.39 is 72.1 Å². The number of carbonyl (C=O) groups is 6. The predicted molar refractivity (Wildman–Crippen MR) is 157 cm³/mol. The predicted octanol–water partition coefficient (Wildman–Crippen LogP) is -0.491. The van der Waals surface area contributed by atoms with Crippen LogP contribution in [0.2, 0.25) is 0 Å². The normalized spacial score (nSPS) is 17.6. The zero-order valence-electron chi connectivity index (χ0n) is 24.6. The summed E-state index contributed by atoms with van der Waals surface area (Å²) >= 11 is 0. The quantitative estimate of drug-likeness (QED) is 0.149. The molecular formula is C29H41N7O7. The van der Waals surface area contributed by atoms with Gasteiger partial charge in [-0.1, -0.05) is 32.0 Å². The molecule has 1 aromatic carbocycles. The highest BCUT2D eigenvalue weighted by Crippen LogP contribution is 2.22. The lowest BCUT2D eigenvalue weighted by Crippen LogP contribution is -2.58. The van der Waals surface area contributed by atoms with Gasteiger partial charge in [0.25, 0.3) is 0 Å². The van der Waals surface area contributed by atoms with Gasteiger partial charge in [0.05, 0.1) is 12.5 Å². The molecule has 0 unspecified atom stereocenters. The molecule has 1 fully saturated rings. The Morgan fingerprint density at radius 3 is 2.37 bits per heavy atom. The minimum Gasteiger partial charge on any atom is -0.480 e. The van der Waals surface area contributed by atoms with Crippen molar-refractivity contribution in [3.05, 3.63) is 36.0 Å². The molecule has 14 nitrogen and oxygen atoms in total. The lowest BCUT2D eigenvalue weighted by atomic mass is 10.0. The van der Waals surface area contributed by atoms with E-state index in [0.717, 1.165) is 16.5 Å². The van der Waals surface area contributed by atoms with Gasteiger partial charge < -0.3 is 42.4 Å². The third-order valence-corrected chi connectivity index (χ3v) is 7.38. The highest BCUT2D eigenvalue weighted by molar-refractivity contribution is 5.96. The van der Waals surface area contributed by atoms with Crippen molar-refractivity contribution in [1.29, 1.82) is 0 Å². The zero-order valence-corrected chi connectivity index (χ0v) is 24.6. The van der Waals surface area contributed by atoms with Crippen molar-refractivity contribution in [3.63, 3.8) is 0 Å². The second kappa shape index (κ2) is 14.6. The number of carboxylic acid groups (broad SMARTS) is 1. The topological polar surface area (TPSA) is 230 Å². The molecule has 9 N–H and O–H groups in total. The van der Waals surface area contributed by atoms with Crippen LogP contribution >= 0.6 is 0 Å². The maximum absolute atomic E-state index is 13.7. The molecule has 1 aliphatic rings. The maximum Gasteiger partial charge on any atom is 0.326 e.